The largest absolute Gasteiger partial charge is 0.495 e. The number of hydrogen-bond donors (Lipinski definition) is 2. The molecule has 30 heavy (non-hydrogen) atoms. The Balaban J connectivity index is 2.17. The van der Waals surface area contributed by atoms with Gasteiger partial charge in [-0.15, -0.1) is 11.3 Å². The lowest BCUT2D eigenvalue weighted by molar-refractivity contribution is -0.124. The standard InChI is InChI=1S/C22H28N2O5S/c1-12-14(3)30-19(24-21(27)22(4,5)6)17(12)20(26)29-13(2)18(25)23-15-10-8-9-11-16(15)28-7/h8-11,13H,1-7H3,(H,23,25)(H,24,27). The smallest absolute Gasteiger partial charge is 0.342 e. The van der Waals surface area contributed by atoms with Gasteiger partial charge in [0.15, 0.2) is 6.10 Å². The molecule has 0 bridgehead atoms. The highest BCUT2D eigenvalue weighted by atomic mass is 32.1. The highest BCUT2D eigenvalue weighted by molar-refractivity contribution is 7.16. The van der Waals surface area contributed by atoms with Crippen LogP contribution in [-0.4, -0.2) is 31.0 Å². The van der Waals surface area contributed by atoms with Gasteiger partial charge in [-0.1, -0.05) is 32.9 Å². The third kappa shape index (κ3) is 5.38. The molecule has 0 aliphatic heterocycles. The number of carbonyl (C=O) groups excluding carboxylic acids is 3. The van der Waals surface area contributed by atoms with E-state index in [9.17, 15) is 14.4 Å². The summed E-state index contributed by atoms with van der Waals surface area (Å²) in [6.45, 7) is 10.5. The van der Waals surface area contributed by atoms with Gasteiger partial charge in [0.05, 0.1) is 18.4 Å². The van der Waals surface area contributed by atoms with Gasteiger partial charge in [0.25, 0.3) is 5.91 Å². The highest BCUT2D eigenvalue weighted by Crippen LogP contribution is 2.34. The van der Waals surface area contributed by atoms with Gasteiger partial charge in [-0.25, -0.2) is 4.79 Å². The molecule has 1 aromatic carbocycles. The molecule has 8 heteroatoms. The van der Waals surface area contributed by atoms with E-state index in [-0.39, 0.29) is 11.5 Å². The van der Waals surface area contributed by atoms with Crippen molar-refractivity contribution < 1.29 is 23.9 Å². The summed E-state index contributed by atoms with van der Waals surface area (Å²) in [5.41, 5.74) is 0.849. The van der Waals surface area contributed by atoms with Crippen LogP contribution < -0.4 is 15.4 Å². The molecule has 1 aromatic heterocycles. The van der Waals surface area contributed by atoms with Crippen LogP contribution in [0, 0.1) is 19.3 Å². The fourth-order valence-corrected chi connectivity index (χ4v) is 3.55. The highest BCUT2D eigenvalue weighted by Gasteiger charge is 2.29. The van der Waals surface area contributed by atoms with Gasteiger partial charge >= 0.3 is 5.97 Å². The Kier molecular flexibility index (Phi) is 7.25. The summed E-state index contributed by atoms with van der Waals surface area (Å²) in [6, 6.07) is 6.95. The first-order valence-electron chi connectivity index (χ1n) is 9.52. The molecule has 0 radical (unpaired) electrons. The average molecular weight is 433 g/mol. The maximum absolute atomic E-state index is 12.8. The first-order valence-corrected chi connectivity index (χ1v) is 10.3. The molecule has 2 aromatic rings. The van der Waals surface area contributed by atoms with Crippen LogP contribution in [0.15, 0.2) is 24.3 Å². The van der Waals surface area contributed by atoms with Crippen molar-refractivity contribution in [3.63, 3.8) is 0 Å². The van der Waals surface area contributed by atoms with Gasteiger partial charge in [-0.05, 0) is 38.5 Å². The number of ether oxygens (including phenoxy) is 2. The molecule has 2 N–H and O–H groups in total. The predicted octanol–water partition coefficient (Wildman–Crippen LogP) is 4.54. The Morgan fingerprint density at radius 2 is 1.70 bits per heavy atom. The Morgan fingerprint density at radius 3 is 2.30 bits per heavy atom. The summed E-state index contributed by atoms with van der Waals surface area (Å²) in [6.07, 6.45) is -1.05. The van der Waals surface area contributed by atoms with Crippen molar-refractivity contribution >= 4 is 39.8 Å². The fraction of sp³-hybridized carbons (Fsp3) is 0.409. The lowest BCUT2D eigenvalue weighted by Gasteiger charge is -2.18. The first-order chi connectivity index (χ1) is 14.0. The van der Waals surface area contributed by atoms with Crippen LogP contribution in [-0.2, 0) is 14.3 Å². The molecule has 2 rings (SSSR count). The summed E-state index contributed by atoms with van der Waals surface area (Å²) in [4.78, 5) is 38.6. The van der Waals surface area contributed by atoms with E-state index < -0.39 is 23.4 Å². The molecule has 0 aliphatic carbocycles. The maximum atomic E-state index is 12.8. The second-order valence-electron chi connectivity index (χ2n) is 7.93. The van der Waals surface area contributed by atoms with Crippen molar-refractivity contribution in [3.05, 3.63) is 40.3 Å². The van der Waals surface area contributed by atoms with Crippen LogP contribution in [0.25, 0.3) is 0 Å². The number of anilines is 2. The Labute approximate surface area is 180 Å². The number of benzene rings is 1. The molecule has 0 aliphatic rings. The molecule has 0 saturated heterocycles. The zero-order valence-corrected chi connectivity index (χ0v) is 19.2. The summed E-state index contributed by atoms with van der Waals surface area (Å²) in [5, 5.41) is 5.93. The fourth-order valence-electron chi connectivity index (χ4n) is 2.51. The molecular weight excluding hydrogens is 404 g/mol. The predicted molar refractivity (Wildman–Crippen MR) is 118 cm³/mol. The van der Waals surface area contributed by atoms with Crippen LogP contribution in [0.1, 0.15) is 48.5 Å². The molecule has 162 valence electrons. The van der Waals surface area contributed by atoms with Crippen LogP contribution in [0.2, 0.25) is 0 Å². The average Bonchev–Trinajstić information content (AvgIpc) is 2.94. The molecule has 0 fully saturated rings. The van der Waals surface area contributed by atoms with E-state index in [0.29, 0.717) is 22.0 Å². The van der Waals surface area contributed by atoms with Crippen molar-refractivity contribution in [2.45, 2.75) is 47.6 Å². The number of hydrogen-bond acceptors (Lipinski definition) is 6. The minimum absolute atomic E-state index is 0.209. The molecular formula is C22H28N2O5S. The number of esters is 1. The number of methoxy groups -OCH3 is 1. The molecule has 0 saturated carbocycles. The molecule has 2 amide bonds. The number of nitrogens with one attached hydrogen (secondary N) is 2. The lowest BCUT2D eigenvalue weighted by Crippen LogP contribution is -2.31. The topological polar surface area (TPSA) is 93.7 Å². The van der Waals surface area contributed by atoms with Gasteiger partial charge in [-0.2, -0.15) is 0 Å². The van der Waals surface area contributed by atoms with Gasteiger partial charge in [0, 0.05) is 10.3 Å². The Hall–Kier alpha value is -2.87. The maximum Gasteiger partial charge on any atom is 0.342 e. The molecule has 1 atom stereocenters. The van der Waals surface area contributed by atoms with E-state index in [1.807, 2.05) is 6.92 Å². The quantitative estimate of drug-likeness (QED) is 0.654. The molecule has 0 spiro atoms. The first kappa shape index (κ1) is 23.4. The van der Waals surface area contributed by atoms with E-state index in [1.165, 1.54) is 25.4 Å². The Morgan fingerprint density at radius 1 is 1.07 bits per heavy atom. The van der Waals surface area contributed by atoms with Crippen LogP contribution in [0.3, 0.4) is 0 Å². The number of aryl methyl sites for hydroxylation is 1. The van der Waals surface area contributed by atoms with E-state index in [0.717, 1.165) is 4.88 Å². The number of para-hydroxylation sites is 2. The van der Waals surface area contributed by atoms with Crippen LogP contribution in [0.4, 0.5) is 10.7 Å². The number of amides is 2. The van der Waals surface area contributed by atoms with Gasteiger partial charge < -0.3 is 20.1 Å². The van der Waals surface area contributed by atoms with Crippen LogP contribution >= 0.6 is 11.3 Å². The van der Waals surface area contributed by atoms with Gasteiger partial charge in [-0.3, -0.25) is 9.59 Å². The monoisotopic (exact) mass is 432 g/mol. The van der Waals surface area contributed by atoms with Gasteiger partial charge in [0.2, 0.25) is 5.91 Å². The normalized spacial score (nSPS) is 12.1. The third-order valence-corrected chi connectivity index (χ3v) is 5.64. The minimum Gasteiger partial charge on any atom is -0.495 e. The van der Waals surface area contributed by atoms with E-state index in [2.05, 4.69) is 10.6 Å². The van der Waals surface area contributed by atoms with Crippen molar-refractivity contribution in [3.8, 4) is 5.75 Å². The molecule has 7 nitrogen and oxygen atoms in total. The number of rotatable bonds is 6. The third-order valence-electron chi connectivity index (χ3n) is 4.52. The second kappa shape index (κ2) is 9.30. The van der Waals surface area contributed by atoms with Crippen molar-refractivity contribution in [2.75, 3.05) is 17.7 Å². The Bertz CT molecular complexity index is 959. The van der Waals surface area contributed by atoms with E-state index in [4.69, 9.17) is 9.47 Å². The summed E-state index contributed by atoms with van der Waals surface area (Å²) < 4.78 is 10.6. The minimum atomic E-state index is -1.05. The van der Waals surface area contributed by atoms with E-state index >= 15 is 0 Å². The zero-order valence-electron chi connectivity index (χ0n) is 18.3. The summed E-state index contributed by atoms with van der Waals surface area (Å²) >= 11 is 1.31. The van der Waals surface area contributed by atoms with Crippen molar-refractivity contribution in [2.24, 2.45) is 5.41 Å². The number of carbonyl (C=O) groups is 3. The van der Waals surface area contributed by atoms with Crippen LogP contribution in [0.5, 0.6) is 5.75 Å². The SMILES string of the molecule is COc1ccccc1NC(=O)C(C)OC(=O)c1c(NC(=O)C(C)(C)C)sc(C)c1C. The van der Waals surface area contributed by atoms with Crippen molar-refractivity contribution in [1.29, 1.82) is 0 Å². The van der Waals surface area contributed by atoms with E-state index in [1.54, 1.807) is 52.0 Å². The van der Waals surface area contributed by atoms with Crippen molar-refractivity contribution in [1.82, 2.24) is 0 Å². The number of thiophene rings is 1. The summed E-state index contributed by atoms with van der Waals surface area (Å²) in [7, 11) is 1.50. The molecule has 1 unspecified atom stereocenters. The summed E-state index contributed by atoms with van der Waals surface area (Å²) in [5.74, 6) is -0.859. The molecule has 1 heterocycles. The zero-order chi connectivity index (χ0) is 22.6. The second-order valence-corrected chi connectivity index (χ2v) is 9.15. The lowest BCUT2D eigenvalue weighted by atomic mass is 9.96. The van der Waals surface area contributed by atoms with Gasteiger partial charge in [0.1, 0.15) is 10.8 Å².